The molecule has 0 radical (unpaired) electrons. The Bertz CT molecular complexity index is 127. The Labute approximate surface area is 77.6 Å². The monoisotopic (exact) mass is 193 g/mol. The highest BCUT2D eigenvalue weighted by Gasteiger charge is 2.12. The molecule has 0 amide bonds. The van der Waals surface area contributed by atoms with Gasteiger partial charge in [-0.2, -0.15) is 0 Å². The predicted molar refractivity (Wildman–Crippen MR) is 47.0 cm³/mol. The molecule has 4 heteroatoms. The number of alkyl halides is 2. The van der Waals surface area contributed by atoms with Gasteiger partial charge in [0.15, 0.2) is 0 Å². The van der Waals surface area contributed by atoms with Crippen LogP contribution < -0.4 is 5.32 Å². The summed E-state index contributed by atoms with van der Waals surface area (Å²) in [4.78, 5) is 0. The van der Waals surface area contributed by atoms with Crippen LogP contribution in [0.4, 0.5) is 8.78 Å². The van der Waals surface area contributed by atoms with E-state index in [1.807, 2.05) is 0 Å². The third-order valence-corrected chi connectivity index (χ3v) is 2.23. The molecule has 1 saturated heterocycles. The summed E-state index contributed by atoms with van der Waals surface area (Å²) in [6.45, 7) is 2.86. The van der Waals surface area contributed by atoms with Crippen molar-refractivity contribution in [3.8, 4) is 0 Å². The van der Waals surface area contributed by atoms with E-state index in [1.165, 1.54) is 6.42 Å². The fraction of sp³-hybridized carbons (Fsp3) is 1.00. The maximum atomic E-state index is 11.7. The third kappa shape index (κ3) is 5.16. The molecule has 1 heterocycles. The highest BCUT2D eigenvalue weighted by molar-refractivity contribution is 4.68. The van der Waals surface area contributed by atoms with Gasteiger partial charge in [-0.05, 0) is 25.3 Å². The molecule has 1 unspecified atom stereocenters. The zero-order valence-electron chi connectivity index (χ0n) is 7.77. The quantitative estimate of drug-likeness (QED) is 0.670. The van der Waals surface area contributed by atoms with E-state index < -0.39 is 6.43 Å². The number of hydrogen-bond donors (Lipinski definition) is 1. The van der Waals surface area contributed by atoms with Gasteiger partial charge in [0, 0.05) is 13.0 Å². The Balaban J connectivity index is 1.92. The molecular weight excluding hydrogens is 176 g/mol. The molecule has 0 bridgehead atoms. The Kier molecular flexibility index (Phi) is 5.23. The van der Waals surface area contributed by atoms with Crippen LogP contribution in [0.1, 0.15) is 19.3 Å². The van der Waals surface area contributed by atoms with Gasteiger partial charge in [-0.3, -0.25) is 0 Å². The molecule has 0 aromatic rings. The average molecular weight is 193 g/mol. The largest absolute Gasteiger partial charge is 0.381 e. The molecule has 1 atom stereocenters. The molecule has 1 N–H and O–H groups in total. The average Bonchev–Trinajstić information content (AvgIpc) is 2.14. The van der Waals surface area contributed by atoms with Crippen molar-refractivity contribution in [1.82, 2.24) is 5.32 Å². The van der Waals surface area contributed by atoms with Gasteiger partial charge >= 0.3 is 0 Å². The number of piperidine rings is 1. The van der Waals surface area contributed by atoms with Crippen LogP contribution in [0.5, 0.6) is 0 Å². The van der Waals surface area contributed by atoms with Crippen molar-refractivity contribution < 1.29 is 13.5 Å². The van der Waals surface area contributed by atoms with Crippen molar-refractivity contribution in [3.05, 3.63) is 0 Å². The predicted octanol–water partition coefficient (Wildman–Crippen LogP) is 1.66. The fourth-order valence-corrected chi connectivity index (χ4v) is 1.49. The van der Waals surface area contributed by atoms with E-state index in [0.717, 1.165) is 19.5 Å². The second kappa shape index (κ2) is 6.27. The zero-order valence-corrected chi connectivity index (χ0v) is 7.77. The van der Waals surface area contributed by atoms with Crippen molar-refractivity contribution in [3.63, 3.8) is 0 Å². The van der Waals surface area contributed by atoms with E-state index >= 15 is 0 Å². The SMILES string of the molecule is FC(F)CCOCC1CCCNC1. The molecule has 1 aliphatic heterocycles. The van der Waals surface area contributed by atoms with Crippen LogP contribution >= 0.6 is 0 Å². The smallest absolute Gasteiger partial charge is 0.240 e. The number of ether oxygens (including phenoxy) is 1. The van der Waals surface area contributed by atoms with Crippen LogP contribution in [0.25, 0.3) is 0 Å². The van der Waals surface area contributed by atoms with Crippen LogP contribution in [0, 0.1) is 5.92 Å². The minimum atomic E-state index is -2.23. The van der Waals surface area contributed by atoms with Gasteiger partial charge in [-0.15, -0.1) is 0 Å². The maximum Gasteiger partial charge on any atom is 0.240 e. The summed E-state index contributed by atoms with van der Waals surface area (Å²) in [5.41, 5.74) is 0. The molecule has 13 heavy (non-hydrogen) atoms. The van der Waals surface area contributed by atoms with Crippen LogP contribution in [-0.4, -0.2) is 32.7 Å². The van der Waals surface area contributed by atoms with Crippen LogP contribution in [0.2, 0.25) is 0 Å². The van der Waals surface area contributed by atoms with E-state index in [0.29, 0.717) is 12.5 Å². The van der Waals surface area contributed by atoms with Crippen molar-refractivity contribution in [2.75, 3.05) is 26.3 Å². The molecule has 0 aromatic heterocycles. The first-order chi connectivity index (χ1) is 6.29. The van der Waals surface area contributed by atoms with E-state index in [2.05, 4.69) is 5.32 Å². The second-order valence-electron chi connectivity index (χ2n) is 3.47. The number of halogens is 2. The van der Waals surface area contributed by atoms with Crippen molar-refractivity contribution in [2.45, 2.75) is 25.7 Å². The molecule has 1 fully saturated rings. The lowest BCUT2D eigenvalue weighted by Crippen LogP contribution is -2.32. The molecule has 0 spiro atoms. The molecule has 0 saturated carbocycles. The Morgan fingerprint density at radius 1 is 1.46 bits per heavy atom. The van der Waals surface area contributed by atoms with E-state index in [-0.39, 0.29) is 13.0 Å². The molecule has 2 nitrogen and oxygen atoms in total. The van der Waals surface area contributed by atoms with Gasteiger partial charge in [0.25, 0.3) is 0 Å². The first-order valence-corrected chi connectivity index (χ1v) is 4.85. The maximum absolute atomic E-state index is 11.7. The summed E-state index contributed by atoms with van der Waals surface area (Å²) in [6, 6.07) is 0. The summed E-state index contributed by atoms with van der Waals surface area (Å²) in [7, 11) is 0. The van der Waals surface area contributed by atoms with E-state index in [4.69, 9.17) is 4.74 Å². The van der Waals surface area contributed by atoms with Crippen LogP contribution in [-0.2, 0) is 4.74 Å². The lowest BCUT2D eigenvalue weighted by molar-refractivity contribution is 0.0467. The molecular formula is C9H17F2NO. The van der Waals surface area contributed by atoms with Gasteiger partial charge in [0.1, 0.15) is 0 Å². The number of rotatable bonds is 5. The summed E-state index contributed by atoms with van der Waals surface area (Å²) < 4.78 is 28.6. The van der Waals surface area contributed by atoms with Gasteiger partial charge in [-0.1, -0.05) is 0 Å². The van der Waals surface area contributed by atoms with Gasteiger partial charge in [0.2, 0.25) is 6.43 Å². The molecule has 0 aliphatic carbocycles. The first-order valence-electron chi connectivity index (χ1n) is 4.85. The van der Waals surface area contributed by atoms with Gasteiger partial charge < -0.3 is 10.1 Å². The topological polar surface area (TPSA) is 21.3 Å². The minimum absolute atomic E-state index is 0.139. The highest BCUT2D eigenvalue weighted by Crippen LogP contribution is 2.10. The number of hydrogen-bond acceptors (Lipinski definition) is 2. The normalized spacial score (nSPS) is 23.8. The summed E-state index contributed by atoms with van der Waals surface area (Å²) in [5.74, 6) is 0.520. The Hall–Kier alpha value is -0.220. The molecule has 78 valence electrons. The van der Waals surface area contributed by atoms with Crippen LogP contribution in [0.15, 0.2) is 0 Å². The molecule has 1 aliphatic rings. The van der Waals surface area contributed by atoms with Crippen molar-refractivity contribution in [2.24, 2.45) is 5.92 Å². The third-order valence-electron chi connectivity index (χ3n) is 2.23. The lowest BCUT2D eigenvalue weighted by atomic mass is 10.0. The van der Waals surface area contributed by atoms with E-state index in [1.54, 1.807) is 0 Å². The Morgan fingerprint density at radius 2 is 2.31 bits per heavy atom. The van der Waals surface area contributed by atoms with E-state index in [9.17, 15) is 8.78 Å². The Morgan fingerprint density at radius 3 is 2.92 bits per heavy atom. The van der Waals surface area contributed by atoms with Crippen molar-refractivity contribution >= 4 is 0 Å². The number of nitrogens with one attached hydrogen (secondary N) is 1. The minimum Gasteiger partial charge on any atom is -0.381 e. The van der Waals surface area contributed by atoms with Gasteiger partial charge in [0.05, 0.1) is 13.2 Å². The first kappa shape index (κ1) is 10.9. The summed E-state index contributed by atoms with van der Waals surface area (Å²) in [6.07, 6.45) is -0.0467. The lowest BCUT2D eigenvalue weighted by Gasteiger charge is -2.22. The van der Waals surface area contributed by atoms with Gasteiger partial charge in [-0.25, -0.2) is 8.78 Å². The molecule has 1 rings (SSSR count). The molecule has 0 aromatic carbocycles. The second-order valence-corrected chi connectivity index (χ2v) is 3.47. The van der Waals surface area contributed by atoms with Crippen molar-refractivity contribution in [1.29, 1.82) is 0 Å². The summed E-state index contributed by atoms with van der Waals surface area (Å²) >= 11 is 0. The highest BCUT2D eigenvalue weighted by atomic mass is 19.3. The van der Waals surface area contributed by atoms with Crippen LogP contribution in [0.3, 0.4) is 0 Å². The fourth-order valence-electron chi connectivity index (χ4n) is 1.49. The zero-order chi connectivity index (χ0) is 9.52. The standard InChI is InChI=1S/C9H17F2NO/c10-9(11)3-5-13-7-8-2-1-4-12-6-8/h8-9,12H,1-7H2. The summed E-state index contributed by atoms with van der Waals surface area (Å²) in [5, 5.41) is 3.26.